The van der Waals surface area contributed by atoms with E-state index in [0.29, 0.717) is 0 Å². The number of nitrogens with one attached hydrogen (secondary N) is 2. The summed E-state index contributed by atoms with van der Waals surface area (Å²) in [5.74, 6) is 0.582. The summed E-state index contributed by atoms with van der Waals surface area (Å²) in [5.41, 5.74) is 1.22. The molecule has 106 valence electrons. The lowest BCUT2D eigenvalue weighted by Gasteiger charge is -2.28. The Morgan fingerprint density at radius 3 is 2.68 bits per heavy atom. The lowest BCUT2D eigenvalue weighted by atomic mass is 9.84. The summed E-state index contributed by atoms with van der Waals surface area (Å²) in [4.78, 5) is 0. The highest BCUT2D eigenvalue weighted by molar-refractivity contribution is 5.24. The van der Waals surface area contributed by atoms with Crippen LogP contribution in [0.2, 0.25) is 0 Å². The van der Waals surface area contributed by atoms with Crippen LogP contribution in [0.1, 0.15) is 32.3 Å². The smallest absolute Gasteiger partial charge is 0.123 e. The van der Waals surface area contributed by atoms with Crippen LogP contribution in [0.3, 0.4) is 0 Å². The zero-order chi connectivity index (χ0) is 13.7. The zero-order valence-corrected chi connectivity index (χ0v) is 12.0. The van der Waals surface area contributed by atoms with Crippen LogP contribution in [0.4, 0.5) is 4.39 Å². The molecule has 2 N–H and O–H groups in total. The van der Waals surface area contributed by atoms with Crippen molar-refractivity contribution in [2.24, 2.45) is 5.92 Å². The minimum Gasteiger partial charge on any atom is -0.316 e. The predicted molar refractivity (Wildman–Crippen MR) is 77.9 cm³/mol. The van der Waals surface area contributed by atoms with E-state index in [-0.39, 0.29) is 11.2 Å². The van der Waals surface area contributed by atoms with Gasteiger partial charge >= 0.3 is 0 Å². The van der Waals surface area contributed by atoms with Crippen molar-refractivity contribution in [1.82, 2.24) is 10.6 Å². The van der Waals surface area contributed by atoms with Crippen molar-refractivity contribution >= 4 is 0 Å². The molecule has 0 amide bonds. The molecule has 2 rings (SSSR count). The first-order valence-corrected chi connectivity index (χ1v) is 7.25. The van der Waals surface area contributed by atoms with Crippen molar-refractivity contribution in [2.75, 3.05) is 26.2 Å². The summed E-state index contributed by atoms with van der Waals surface area (Å²) in [7, 11) is 0. The van der Waals surface area contributed by atoms with E-state index in [0.717, 1.165) is 32.1 Å². The van der Waals surface area contributed by atoms with E-state index in [9.17, 15) is 4.39 Å². The summed E-state index contributed by atoms with van der Waals surface area (Å²) in [6.07, 6.45) is 2.60. The molecule has 3 heteroatoms. The van der Waals surface area contributed by atoms with Gasteiger partial charge in [0.05, 0.1) is 0 Å². The molecule has 1 unspecified atom stereocenters. The molecule has 0 aliphatic carbocycles. The molecule has 1 aliphatic heterocycles. The molecule has 0 saturated carbocycles. The van der Waals surface area contributed by atoms with E-state index in [1.807, 2.05) is 12.1 Å². The van der Waals surface area contributed by atoms with E-state index in [1.165, 1.54) is 18.4 Å². The quantitative estimate of drug-likeness (QED) is 0.854. The van der Waals surface area contributed by atoms with Gasteiger partial charge in [0.25, 0.3) is 0 Å². The Labute approximate surface area is 115 Å². The van der Waals surface area contributed by atoms with Gasteiger partial charge in [-0.1, -0.05) is 26.0 Å². The fraction of sp³-hybridized carbons (Fsp3) is 0.625. The van der Waals surface area contributed by atoms with Crippen molar-refractivity contribution in [3.63, 3.8) is 0 Å². The highest BCUT2D eigenvalue weighted by Gasteiger charge is 2.21. The molecule has 0 spiro atoms. The van der Waals surface area contributed by atoms with Crippen LogP contribution < -0.4 is 10.6 Å². The topological polar surface area (TPSA) is 24.1 Å². The maximum atomic E-state index is 12.9. The molecule has 1 aromatic rings. The molecule has 0 aromatic heterocycles. The number of benzene rings is 1. The first kappa shape index (κ1) is 14.5. The monoisotopic (exact) mass is 264 g/mol. The second kappa shape index (κ2) is 6.49. The van der Waals surface area contributed by atoms with Crippen LogP contribution in [0.25, 0.3) is 0 Å². The first-order valence-electron chi connectivity index (χ1n) is 7.25. The molecule has 2 nitrogen and oxygen atoms in total. The third-order valence-corrected chi connectivity index (χ3v) is 4.02. The van der Waals surface area contributed by atoms with Crippen molar-refractivity contribution in [1.29, 1.82) is 0 Å². The van der Waals surface area contributed by atoms with E-state index in [2.05, 4.69) is 24.5 Å². The van der Waals surface area contributed by atoms with Crippen LogP contribution >= 0.6 is 0 Å². The number of hydrogen-bond acceptors (Lipinski definition) is 2. The van der Waals surface area contributed by atoms with Crippen LogP contribution in [0.5, 0.6) is 0 Å². The molecule has 1 saturated heterocycles. The predicted octanol–water partition coefficient (Wildman–Crippen LogP) is 2.69. The summed E-state index contributed by atoms with van der Waals surface area (Å²) in [6.45, 7) is 8.69. The minimum atomic E-state index is -0.166. The van der Waals surface area contributed by atoms with Gasteiger partial charge < -0.3 is 10.6 Å². The fourth-order valence-electron chi connectivity index (χ4n) is 2.69. The third-order valence-electron chi connectivity index (χ3n) is 4.02. The Balaban J connectivity index is 1.81. The van der Waals surface area contributed by atoms with Crippen molar-refractivity contribution in [3.8, 4) is 0 Å². The van der Waals surface area contributed by atoms with E-state index in [1.54, 1.807) is 12.1 Å². The first-order chi connectivity index (χ1) is 9.08. The van der Waals surface area contributed by atoms with Gasteiger partial charge in [-0.3, -0.25) is 0 Å². The fourth-order valence-corrected chi connectivity index (χ4v) is 2.69. The second-order valence-corrected chi connectivity index (χ2v) is 6.23. The maximum Gasteiger partial charge on any atom is 0.123 e. The lowest BCUT2D eigenvalue weighted by Crippen LogP contribution is -2.40. The van der Waals surface area contributed by atoms with Crippen LogP contribution in [0.15, 0.2) is 24.3 Å². The van der Waals surface area contributed by atoms with Crippen LogP contribution in [0, 0.1) is 11.7 Å². The van der Waals surface area contributed by atoms with E-state index < -0.39 is 0 Å². The van der Waals surface area contributed by atoms with Crippen LogP contribution in [-0.4, -0.2) is 26.2 Å². The number of piperidine rings is 1. The average Bonchev–Trinajstić information content (AvgIpc) is 2.40. The van der Waals surface area contributed by atoms with Gasteiger partial charge in [-0.2, -0.15) is 0 Å². The van der Waals surface area contributed by atoms with Gasteiger partial charge in [-0.25, -0.2) is 4.39 Å². The van der Waals surface area contributed by atoms with Gasteiger partial charge in [0, 0.05) is 12.0 Å². The van der Waals surface area contributed by atoms with Crippen molar-refractivity contribution in [3.05, 3.63) is 35.6 Å². The van der Waals surface area contributed by atoms with Gasteiger partial charge in [-0.05, 0) is 56.1 Å². The van der Waals surface area contributed by atoms with Crippen LogP contribution in [-0.2, 0) is 5.41 Å². The molecule has 1 heterocycles. The Morgan fingerprint density at radius 2 is 2.05 bits per heavy atom. The average molecular weight is 264 g/mol. The van der Waals surface area contributed by atoms with Crippen molar-refractivity contribution in [2.45, 2.75) is 32.1 Å². The molecule has 19 heavy (non-hydrogen) atoms. The molecule has 1 atom stereocenters. The Bertz CT molecular complexity index is 380. The Morgan fingerprint density at radius 1 is 1.32 bits per heavy atom. The van der Waals surface area contributed by atoms with E-state index >= 15 is 0 Å². The molecule has 0 radical (unpaired) electrons. The largest absolute Gasteiger partial charge is 0.316 e. The zero-order valence-electron chi connectivity index (χ0n) is 12.0. The maximum absolute atomic E-state index is 12.9. The SMILES string of the molecule is CC(C)(CNCC1CCCNC1)c1ccc(F)cc1. The molecule has 1 aliphatic rings. The molecular weight excluding hydrogens is 239 g/mol. The van der Waals surface area contributed by atoms with Gasteiger partial charge in [0.1, 0.15) is 5.82 Å². The van der Waals surface area contributed by atoms with E-state index in [4.69, 9.17) is 0 Å². The standard InChI is InChI=1S/C16H25FN2/c1-16(2,14-5-7-15(17)8-6-14)12-19-11-13-4-3-9-18-10-13/h5-8,13,18-19H,3-4,9-12H2,1-2H3. The normalized spacial score (nSPS) is 20.5. The third kappa shape index (κ3) is 4.29. The number of rotatable bonds is 5. The Kier molecular flexibility index (Phi) is 4.94. The number of hydrogen-bond donors (Lipinski definition) is 2. The molecular formula is C16H25FN2. The van der Waals surface area contributed by atoms with Gasteiger partial charge in [0.15, 0.2) is 0 Å². The summed E-state index contributed by atoms with van der Waals surface area (Å²) in [6, 6.07) is 6.86. The second-order valence-electron chi connectivity index (χ2n) is 6.23. The summed E-state index contributed by atoms with van der Waals surface area (Å²) in [5, 5.41) is 7.01. The van der Waals surface area contributed by atoms with Gasteiger partial charge in [-0.15, -0.1) is 0 Å². The Hall–Kier alpha value is -0.930. The highest BCUT2D eigenvalue weighted by Crippen LogP contribution is 2.22. The number of halogens is 1. The van der Waals surface area contributed by atoms with Gasteiger partial charge in [0.2, 0.25) is 0 Å². The molecule has 1 aromatic carbocycles. The van der Waals surface area contributed by atoms with Crippen molar-refractivity contribution < 1.29 is 4.39 Å². The minimum absolute atomic E-state index is 0.0375. The highest BCUT2D eigenvalue weighted by atomic mass is 19.1. The molecule has 0 bridgehead atoms. The summed E-state index contributed by atoms with van der Waals surface area (Å²) < 4.78 is 12.9. The lowest BCUT2D eigenvalue weighted by molar-refractivity contribution is 0.345. The molecule has 1 fully saturated rings. The summed E-state index contributed by atoms with van der Waals surface area (Å²) >= 11 is 0.